The number of allylic oxidation sites excluding steroid dienone is 4. The molecule has 2 fully saturated rings. The minimum Gasteiger partial charge on any atom is -0.377 e. The van der Waals surface area contributed by atoms with E-state index < -0.39 is 5.60 Å². The fourth-order valence-electron chi connectivity index (χ4n) is 8.88. The highest BCUT2D eigenvalue weighted by Gasteiger charge is 2.62. The number of rotatable bonds is 10. The van der Waals surface area contributed by atoms with Gasteiger partial charge in [0.15, 0.2) is 5.78 Å². The van der Waals surface area contributed by atoms with Gasteiger partial charge in [-0.1, -0.05) is 42.7 Å². The number of benzene rings is 1. The van der Waals surface area contributed by atoms with Crippen LogP contribution in [0.3, 0.4) is 0 Å². The molecule has 4 aliphatic rings. The summed E-state index contributed by atoms with van der Waals surface area (Å²) >= 11 is 9.51. The van der Waals surface area contributed by atoms with E-state index in [1.165, 1.54) is 22.3 Å². The summed E-state index contributed by atoms with van der Waals surface area (Å²) < 4.78 is -0.124. The molecule has 0 radical (unpaired) electrons. The smallest absolute Gasteiger partial charge is 0.156 e. The summed E-state index contributed by atoms with van der Waals surface area (Å²) in [6.45, 7) is 17.3. The molecular weight excluding hydrogens is 581 g/mol. The van der Waals surface area contributed by atoms with E-state index in [1.807, 2.05) is 13.0 Å². The monoisotopic (exact) mass is 634 g/mol. The molecule has 44 heavy (non-hydrogen) atoms. The van der Waals surface area contributed by atoms with Crippen LogP contribution < -0.4 is 5.32 Å². The van der Waals surface area contributed by atoms with Crippen molar-refractivity contribution in [2.24, 2.45) is 17.3 Å². The van der Waals surface area contributed by atoms with Crippen molar-refractivity contribution < 1.29 is 9.90 Å². The highest BCUT2D eigenvalue weighted by atomic mass is 32.1. The number of hydrogen-bond acceptors (Lipinski definition) is 6. The molecule has 0 aliphatic heterocycles. The molecular formula is C38H54N2O2S2. The van der Waals surface area contributed by atoms with Crippen molar-refractivity contribution >= 4 is 31.0 Å². The Bertz CT molecular complexity index is 1360. The van der Waals surface area contributed by atoms with Gasteiger partial charge in [-0.2, -0.15) is 25.3 Å². The number of aliphatic hydroxyl groups is 1. The average molecular weight is 635 g/mol. The Hall–Kier alpha value is -1.49. The third-order valence-electron chi connectivity index (χ3n) is 10.8. The number of ketones is 1. The molecule has 2 saturated carbocycles. The number of nitrogens with zero attached hydrogens (tertiary/aromatic N) is 1. The summed E-state index contributed by atoms with van der Waals surface area (Å²) in [7, 11) is 0. The summed E-state index contributed by atoms with van der Waals surface area (Å²) in [5, 5.41) is 15.5. The lowest BCUT2D eigenvalue weighted by molar-refractivity contribution is -0.114. The first-order chi connectivity index (χ1) is 20.6. The van der Waals surface area contributed by atoms with Crippen LogP contribution in [0.5, 0.6) is 0 Å². The predicted molar refractivity (Wildman–Crippen MR) is 189 cm³/mol. The maximum Gasteiger partial charge on any atom is 0.156 e. The lowest BCUT2D eigenvalue weighted by atomic mass is 9.51. The number of thiol groups is 2. The third kappa shape index (κ3) is 7.23. The van der Waals surface area contributed by atoms with Crippen LogP contribution in [0.4, 0.5) is 0 Å². The van der Waals surface area contributed by atoms with Gasteiger partial charge in [0.2, 0.25) is 0 Å². The molecule has 1 aromatic rings. The molecule has 0 bridgehead atoms. The van der Waals surface area contributed by atoms with Crippen LogP contribution in [-0.4, -0.2) is 57.1 Å². The molecule has 0 amide bonds. The minimum absolute atomic E-state index is 0.0334. The quantitative estimate of drug-likeness (QED) is 0.126. The number of carbonyl (C=O) groups is 1. The van der Waals surface area contributed by atoms with Crippen molar-refractivity contribution in [1.82, 2.24) is 10.2 Å². The zero-order valence-electron chi connectivity index (χ0n) is 27.8. The fourth-order valence-corrected chi connectivity index (χ4v) is 9.19. The molecule has 4 aliphatic carbocycles. The molecule has 0 heterocycles. The first kappa shape index (κ1) is 33.9. The zero-order chi connectivity index (χ0) is 31.9. The lowest BCUT2D eigenvalue weighted by Gasteiger charge is -2.53. The number of carbonyl (C=O) groups excluding carboxylic acids is 1. The molecule has 2 N–H and O–H groups in total. The maximum atomic E-state index is 12.4. The van der Waals surface area contributed by atoms with Crippen molar-refractivity contribution in [3.8, 4) is 11.8 Å². The van der Waals surface area contributed by atoms with Crippen molar-refractivity contribution in [3.05, 3.63) is 58.2 Å². The average Bonchev–Trinajstić information content (AvgIpc) is 3.19. The summed E-state index contributed by atoms with van der Waals surface area (Å²) in [6, 6.07) is 9.30. The van der Waals surface area contributed by atoms with E-state index >= 15 is 0 Å². The van der Waals surface area contributed by atoms with E-state index in [0.29, 0.717) is 18.3 Å². The minimum atomic E-state index is -0.949. The van der Waals surface area contributed by atoms with Crippen LogP contribution in [0.1, 0.15) is 104 Å². The normalized spacial score (nSPS) is 30.4. The van der Waals surface area contributed by atoms with E-state index in [0.717, 1.165) is 71.2 Å². The fraction of sp³-hybridized carbons (Fsp3) is 0.658. The van der Waals surface area contributed by atoms with Crippen LogP contribution >= 0.6 is 25.3 Å². The van der Waals surface area contributed by atoms with Crippen LogP contribution in [0, 0.1) is 29.1 Å². The standard InChI is InChI=1S/C38H54N2O2S2/c1-7-17-38(42)18-16-33-31-14-12-28-21-29(41)13-15-30(28)34(31)32(22-37(33,38)6)27-10-8-26(9-11-27)23-40(25-36(4,5)44)20-19-39-24-35(2,3)43/h8-11,21,31-33,39,42-44H,12-16,18-20,22-25H2,1-6H3/t31-,32+,33-,37-,38-/m0/s1. The van der Waals surface area contributed by atoms with Gasteiger partial charge in [-0.3, -0.25) is 9.69 Å². The molecule has 0 unspecified atom stereocenters. The summed E-state index contributed by atoms with van der Waals surface area (Å²) in [4.78, 5) is 14.9. The Morgan fingerprint density at radius 1 is 1.07 bits per heavy atom. The zero-order valence-corrected chi connectivity index (χ0v) is 29.6. The van der Waals surface area contributed by atoms with Gasteiger partial charge < -0.3 is 10.4 Å². The van der Waals surface area contributed by atoms with Crippen LogP contribution in [0.15, 0.2) is 47.1 Å². The second kappa shape index (κ2) is 13.0. The van der Waals surface area contributed by atoms with Gasteiger partial charge in [-0.25, -0.2) is 0 Å². The topological polar surface area (TPSA) is 52.6 Å². The van der Waals surface area contributed by atoms with Gasteiger partial charge in [0.25, 0.3) is 0 Å². The van der Waals surface area contributed by atoms with Crippen LogP contribution in [0.25, 0.3) is 0 Å². The van der Waals surface area contributed by atoms with Gasteiger partial charge in [0.05, 0.1) is 0 Å². The largest absolute Gasteiger partial charge is 0.377 e. The van der Waals surface area contributed by atoms with E-state index in [-0.39, 0.29) is 26.6 Å². The number of nitrogens with one attached hydrogen (secondary N) is 1. The first-order valence-corrected chi connectivity index (χ1v) is 17.6. The second-order valence-electron chi connectivity index (χ2n) is 15.5. The summed E-state index contributed by atoms with van der Waals surface area (Å²) in [6.07, 6.45) is 8.12. The predicted octanol–water partition coefficient (Wildman–Crippen LogP) is 7.15. The Morgan fingerprint density at radius 2 is 1.80 bits per heavy atom. The van der Waals surface area contributed by atoms with E-state index in [1.54, 1.807) is 5.57 Å². The maximum absolute atomic E-state index is 12.4. The summed E-state index contributed by atoms with van der Waals surface area (Å²) in [5.41, 5.74) is 5.72. The molecule has 0 saturated heterocycles. The molecule has 240 valence electrons. The first-order valence-electron chi connectivity index (χ1n) is 16.7. The van der Waals surface area contributed by atoms with Gasteiger partial charge in [-0.15, -0.1) is 5.92 Å². The lowest BCUT2D eigenvalue weighted by Crippen LogP contribution is -2.51. The van der Waals surface area contributed by atoms with Crippen LogP contribution in [0.2, 0.25) is 0 Å². The van der Waals surface area contributed by atoms with E-state index in [9.17, 15) is 9.90 Å². The Labute approximate surface area is 277 Å². The van der Waals surface area contributed by atoms with Crippen molar-refractivity contribution in [3.63, 3.8) is 0 Å². The van der Waals surface area contributed by atoms with E-state index in [2.05, 4.69) is 93.6 Å². The Morgan fingerprint density at radius 3 is 2.45 bits per heavy atom. The second-order valence-corrected chi connectivity index (χ2v) is 17.9. The number of fused-ring (bicyclic) bond motifs is 4. The molecule has 4 nitrogen and oxygen atoms in total. The number of hydrogen-bond donors (Lipinski definition) is 4. The van der Waals surface area contributed by atoms with E-state index in [4.69, 9.17) is 12.6 Å². The van der Waals surface area contributed by atoms with Crippen molar-refractivity contribution in [1.29, 1.82) is 0 Å². The summed E-state index contributed by atoms with van der Waals surface area (Å²) in [5.74, 6) is 7.72. The highest BCUT2D eigenvalue weighted by molar-refractivity contribution is 7.82. The van der Waals surface area contributed by atoms with Crippen molar-refractivity contribution in [2.45, 2.75) is 114 Å². The van der Waals surface area contributed by atoms with Gasteiger partial charge >= 0.3 is 0 Å². The SMILES string of the molecule is CC#C[C@]1(O)CC[C@H]2[C@@H]3CCC4=CC(=O)CCC4=C3[C@@H](c3ccc(CN(CCNCC(C)(C)S)CC(C)(C)S)cc3)C[C@@]21C. The molecule has 5 atom stereocenters. The Kier molecular flexibility index (Phi) is 9.97. The molecule has 1 aromatic carbocycles. The molecule has 5 rings (SSSR count). The molecule has 6 heteroatoms. The van der Waals surface area contributed by atoms with Gasteiger partial charge in [0, 0.05) is 60.0 Å². The third-order valence-corrected chi connectivity index (χ3v) is 11.1. The molecule has 0 spiro atoms. The van der Waals surface area contributed by atoms with Crippen LogP contribution in [-0.2, 0) is 11.3 Å². The Balaban J connectivity index is 1.43. The molecule has 0 aromatic heterocycles. The van der Waals surface area contributed by atoms with Gasteiger partial charge in [0.1, 0.15) is 5.60 Å². The highest BCUT2D eigenvalue weighted by Crippen LogP contribution is 2.66. The van der Waals surface area contributed by atoms with Gasteiger partial charge in [-0.05, 0) is 113 Å². The van der Waals surface area contributed by atoms with Crippen molar-refractivity contribution in [2.75, 3.05) is 26.2 Å².